The SMILES string of the molecule is Cn1ncnc1CC(=O)/C=C/c1ccc(N)cc1. The minimum Gasteiger partial charge on any atom is -0.399 e. The van der Waals surface area contributed by atoms with E-state index in [1.807, 2.05) is 12.1 Å². The van der Waals surface area contributed by atoms with Crippen molar-refractivity contribution in [3.8, 4) is 0 Å². The molecule has 0 unspecified atom stereocenters. The first-order valence-corrected chi connectivity index (χ1v) is 5.54. The fraction of sp³-hybridized carbons (Fsp3) is 0.154. The molecule has 0 fully saturated rings. The molecule has 5 heteroatoms. The van der Waals surface area contributed by atoms with Gasteiger partial charge in [-0.25, -0.2) is 4.98 Å². The lowest BCUT2D eigenvalue weighted by atomic mass is 10.1. The Labute approximate surface area is 105 Å². The van der Waals surface area contributed by atoms with Gasteiger partial charge < -0.3 is 5.73 Å². The lowest BCUT2D eigenvalue weighted by molar-refractivity contribution is -0.114. The average Bonchev–Trinajstić information content (AvgIpc) is 2.74. The van der Waals surface area contributed by atoms with Crippen molar-refractivity contribution >= 4 is 17.5 Å². The quantitative estimate of drug-likeness (QED) is 0.646. The molecule has 0 aliphatic rings. The van der Waals surface area contributed by atoms with Crippen molar-refractivity contribution in [3.63, 3.8) is 0 Å². The molecule has 0 radical (unpaired) electrons. The number of aryl methyl sites for hydroxylation is 1. The molecule has 1 aromatic carbocycles. The van der Waals surface area contributed by atoms with E-state index in [1.165, 1.54) is 6.33 Å². The summed E-state index contributed by atoms with van der Waals surface area (Å²) in [6.45, 7) is 0. The first-order chi connectivity index (χ1) is 8.65. The van der Waals surface area contributed by atoms with Gasteiger partial charge in [-0.3, -0.25) is 9.48 Å². The van der Waals surface area contributed by atoms with Crippen molar-refractivity contribution in [3.05, 3.63) is 48.1 Å². The summed E-state index contributed by atoms with van der Waals surface area (Å²) in [7, 11) is 1.76. The number of carbonyl (C=O) groups is 1. The number of nitrogen functional groups attached to an aromatic ring is 1. The molecule has 1 heterocycles. The Bertz CT molecular complexity index is 569. The third-order valence-corrected chi connectivity index (χ3v) is 2.54. The molecule has 2 N–H and O–H groups in total. The van der Waals surface area contributed by atoms with Gasteiger partial charge in [0.25, 0.3) is 0 Å². The number of allylic oxidation sites excluding steroid dienone is 1. The van der Waals surface area contributed by atoms with Crippen LogP contribution in [-0.4, -0.2) is 20.5 Å². The molecule has 5 nitrogen and oxygen atoms in total. The number of hydrogen-bond donors (Lipinski definition) is 1. The Morgan fingerprint density at radius 2 is 2.11 bits per heavy atom. The van der Waals surface area contributed by atoms with Crippen LogP contribution in [0, 0.1) is 0 Å². The van der Waals surface area contributed by atoms with E-state index in [0.29, 0.717) is 11.5 Å². The van der Waals surface area contributed by atoms with E-state index in [1.54, 1.807) is 36.0 Å². The molecule has 0 aliphatic heterocycles. The number of hydrogen-bond acceptors (Lipinski definition) is 4. The van der Waals surface area contributed by atoms with Crippen LogP contribution < -0.4 is 5.73 Å². The van der Waals surface area contributed by atoms with E-state index in [-0.39, 0.29) is 12.2 Å². The number of ketones is 1. The van der Waals surface area contributed by atoms with Gasteiger partial charge in [-0.15, -0.1) is 0 Å². The molecule has 0 atom stereocenters. The molecular weight excluding hydrogens is 228 g/mol. The Balaban J connectivity index is 1.99. The summed E-state index contributed by atoms with van der Waals surface area (Å²) in [4.78, 5) is 15.7. The zero-order valence-electron chi connectivity index (χ0n) is 10.1. The maximum atomic E-state index is 11.7. The van der Waals surface area contributed by atoms with Gasteiger partial charge in [-0.05, 0) is 23.8 Å². The van der Waals surface area contributed by atoms with Gasteiger partial charge in [0.1, 0.15) is 12.2 Å². The molecule has 2 aromatic rings. The number of nitrogens with two attached hydrogens (primary N) is 1. The van der Waals surface area contributed by atoms with Gasteiger partial charge in [0.05, 0.1) is 6.42 Å². The number of anilines is 1. The summed E-state index contributed by atoms with van der Waals surface area (Å²) in [5.74, 6) is 0.643. The predicted molar refractivity (Wildman–Crippen MR) is 69.6 cm³/mol. The predicted octanol–water partition coefficient (Wildman–Crippen LogP) is 1.22. The summed E-state index contributed by atoms with van der Waals surface area (Å²) in [6, 6.07) is 7.32. The second-order valence-electron chi connectivity index (χ2n) is 3.94. The van der Waals surface area contributed by atoms with Crippen LogP contribution in [-0.2, 0) is 18.3 Å². The van der Waals surface area contributed by atoms with Crippen LogP contribution in [0.15, 0.2) is 36.7 Å². The van der Waals surface area contributed by atoms with E-state index in [2.05, 4.69) is 10.1 Å². The highest BCUT2D eigenvalue weighted by atomic mass is 16.1. The van der Waals surface area contributed by atoms with Crippen molar-refractivity contribution in [1.29, 1.82) is 0 Å². The highest BCUT2D eigenvalue weighted by Crippen LogP contribution is 2.07. The van der Waals surface area contributed by atoms with Gasteiger partial charge in [-0.2, -0.15) is 5.10 Å². The topological polar surface area (TPSA) is 73.8 Å². The maximum absolute atomic E-state index is 11.7. The summed E-state index contributed by atoms with van der Waals surface area (Å²) in [5.41, 5.74) is 7.23. The Morgan fingerprint density at radius 3 is 2.72 bits per heavy atom. The van der Waals surface area contributed by atoms with E-state index < -0.39 is 0 Å². The van der Waals surface area contributed by atoms with Crippen LogP contribution >= 0.6 is 0 Å². The van der Waals surface area contributed by atoms with E-state index in [4.69, 9.17) is 5.73 Å². The van der Waals surface area contributed by atoms with Gasteiger partial charge in [0.2, 0.25) is 0 Å². The first kappa shape index (κ1) is 12.0. The number of rotatable bonds is 4. The molecule has 0 amide bonds. The number of benzene rings is 1. The smallest absolute Gasteiger partial charge is 0.163 e. The first-order valence-electron chi connectivity index (χ1n) is 5.54. The normalized spacial score (nSPS) is 10.9. The summed E-state index contributed by atoms with van der Waals surface area (Å²) in [5, 5.41) is 3.91. The van der Waals surface area contributed by atoms with Crippen LogP contribution in [0.1, 0.15) is 11.4 Å². The second-order valence-corrected chi connectivity index (χ2v) is 3.94. The molecule has 18 heavy (non-hydrogen) atoms. The molecule has 0 saturated heterocycles. The number of nitrogens with zero attached hydrogens (tertiary/aromatic N) is 3. The highest BCUT2D eigenvalue weighted by Gasteiger charge is 2.04. The number of carbonyl (C=O) groups excluding carboxylic acids is 1. The molecule has 92 valence electrons. The third-order valence-electron chi connectivity index (χ3n) is 2.54. The van der Waals surface area contributed by atoms with Gasteiger partial charge >= 0.3 is 0 Å². The van der Waals surface area contributed by atoms with E-state index in [0.717, 1.165) is 5.56 Å². The molecule has 0 spiro atoms. The summed E-state index contributed by atoms with van der Waals surface area (Å²) < 4.78 is 1.59. The molecule has 0 bridgehead atoms. The van der Waals surface area contributed by atoms with Crippen LogP contribution in [0.2, 0.25) is 0 Å². The molecule has 1 aromatic heterocycles. The minimum absolute atomic E-state index is 0.0112. The average molecular weight is 242 g/mol. The van der Waals surface area contributed by atoms with Crippen molar-refractivity contribution in [2.75, 3.05) is 5.73 Å². The van der Waals surface area contributed by atoms with Gasteiger partial charge in [0.15, 0.2) is 5.78 Å². The van der Waals surface area contributed by atoms with E-state index in [9.17, 15) is 4.79 Å². The monoisotopic (exact) mass is 242 g/mol. The number of aromatic nitrogens is 3. The lowest BCUT2D eigenvalue weighted by Gasteiger charge is -1.97. The van der Waals surface area contributed by atoms with Crippen LogP contribution in [0.3, 0.4) is 0 Å². The summed E-state index contributed by atoms with van der Waals surface area (Å²) in [6.07, 6.45) is 4.99. The maximum Gasteiger partial charge on any atom is 0.163 e. The van der Waals surface area contributed by atoms with Crippen LogP contribution in [0.25, 0.3) is 6.08 Å². The Kier molecular flexibility index (Phi) is 3.52. The standard InChI is InChI=1S/C13H14N4O/c1-17-13(15-9-16-17)8-12(18)7-4-10-2-5-11(14)6-3-10/h2-7,9H,8,14H2,1H3/b7-4+. The van der Waals surface area contributed by atoms with Crippen molar-refractivity contribution in [2.45, 2.75) is 6.42 Å². The van der Waals surface area contributed by atoms with Gasteiger partial charge in [-0.1, -0.05) is 18.2 Å². The van der Waals surface area contributed by atoms with Crippen molar-refractivity contribution in [2.24, 2.45) is 7.05 Å². The second kappa shape index (κ2) is 5.27. The Morgan fingerprint density at radius 1 is 1.39 bits per heavy atom. The fourth-order valence-electron chi connectivity index (χ4n) is 1.49. The van der Waals surface area contributed by atoms with Crippen LogP contribution in [0.4, 0.5) is 5.69 Å². The Hall–Kier alpha value is -2.43. The largest absolute Gasteiger partial charge is 0.399 e. The molecule has 0 aliphatic carbocycles. The minimum atomic E-state index is -0.0112. The highest BCUT2D eigenvalue weighted by molar-refractivity contribution is 5.94. The van der Waals surface area contributed by atoms with Crippen molar-refractivity contribution in [1.82, 2.24) is 14.8 Å². The van der Waals surface area contributed by atoms with E-state index >= 15 is 0 Å². The third kappa shape index (κ3) is 3.04. The molecule has 0 saturated carbocycles. The van der Waals surface area contributed by atoms with Crippen LogP contribution in [0.5, 0.6) is 0 Å². The molecular formula is C13H14N4O. The van der Waals surface area contributed by atoms with Crippen molar-refractivity contribution < 1.29 is 4.79 Å². The summed E-state index contributed by atoms with van der Waals surface area (Å²) >= 11 is 0. The zero-order valence-corrected chi connectivity index (χ0v) is 10.1. The van der Waals surface area contributed by atoms with Gasteiger partial charge in [0, 0.05) is 12.7 Å². The lowest BCUT2D eigenvalue weighted by Crippen LogP contribution is -2.06. The zero-order chi connectivity index (χ0) is 13.0. The fourth-order valence-corrected chi connectivity index (χ4v) is 1.49. The molecule has 2 rings (SSSR count).